The number of methoxy groups -OCH3 is 1. The van der Waals surface area contributed by atoms with Gasteiger partial charge in [0.1, 0.15) is 11.8 Å². The second-order valence-corrected chi connectivity index (χ2v) is 6.87. The summed E-state index contributed by atoms with van der Waals surface area (Å²) in [5.41, 5.74) is 1.54. The first kappa shape index (κ1) is 19.5. The van der Waals surface area contributed by atoms with Crippen LogP contribution in [-0.4, -0.2) is 33.6 Å². The number of aromatic nitrogens is 3. The van der Waals surface area contributed by atoms with Crippen molar-refractivity contribution in [2.45, 2.75) is 5.16 Å². The van der Waals surface area contributed by atoms with Gasteiger partial charge in [-0.1, -0.05) is 35.5 Å². The molecule has 0 saturated heterocycles. The molecule has 1 amide bonds. The van der Waals surface area contributed by atoms with E-state index in [0.29, 0.717) is 33.5 Å². The topological polar surface area (TPSA) is 119 Å². The summed E-state index contributed by atoms with van der Waals surface area (Å²) >= 11 is 7.11. The smallest absolute Gasteiger partial charge is 0.234 e. The Labute approximate surface area is 170 Å². The summed E-state index contributed by atoms with van der Waals surface area (Å²) in [5.74, 6) is 6.93. The van der Waals surface area contributed by atoms with Crippen LogP contribution in [0.2, 0.25) is 5.02 Å². The maximum absolute atomic E-state index is 12.2. The number of para-hydroxylation sites is 1. The molecule has 10 heteroatoms. The predicted octanol–water partition coefficient (Wildman–Crippen LogP) is 2.92. The van der Waals surface area contributed by atoms with E-state index in [1.165, 1.54) is 10.7 Å². The normalized spacial score (nSPS) is 10.3. The standard InChI is InChI=1S/C18H15ClN6O2S/c1-27-15-5-3-2-4-13(15)17-23-24-18(25(17)21)28-10-16(26)22-12-7-6-11(9-20)14(19)8-12/h2-8H,10,21H2,1H3,(H,22,26). The number of rotatable bonds is 6. The highest BCUT2D eigenvalue weighted by molar-refractivity contribution is 7.99. The van der Waals surface area contributed by atoms with E-state index in [9.17, 15) is 4.79 Å². The lowest BCUT2D eigenvalue weighted by Gasteiger charge is -2.08. The van der Waals surface area contributed by atoms with Crippen molar-refractivity contribution >= 4 is 35.0 Å². The summed E-state index contributed by atoms with van der Waals surface area (Å²) in [6, 6.07) is 13.9. The van der Waals surface area contributed by atoms with Gasteiger partial charge in [0, 0.05) is 5.69 Å². The molecule has 3 aromatic rings. The van der Waals surface area contributed by atoms with Gasteiger partial charge < -0.3 is 15.9 Å². The number of nitrogens with zero attached hydrogens (tertiary/aromatic N) is 4. The van der Waals surface area contributed by atoms with Gasteiger partial charge in [0.05, 0.1) is 29.0 Å². The lowest BCUT2D eigenvalue weighted by molar-refractivity contribution is -0.113. The van der Waals surface area contributed by atoms with Crippen LogP contribution in [0, 0.1) is 11.3 Å². The summed E-state index contributed by atoms with van der Waals surface area (Å²) in [7, 11) is 1.56. The van der Waals surface area contributed by atoms with Gasteiger partial charge in [-0.3, -0.25) is 4.79 Å². The van der Waals surface area contributed by atoms with Crippen LogP contribution in [0.3, 0.4) is 0 Å². The van der Waals surface area contributed by atoms with Crippen LogP contribution < -0.4 is 15.9 Å². The molecule has 28 heavy (non-hydrogen) atoms. The number of carbonyl (C=O) groups excluding carboxylic acids is 1. The Bertz CT molecular complexity index is 1060. The number of thioether (sulfide) groups is 1. The van der Waals surface area contributed by atoms with E-state index in [-0.39, 0.29) is 16.7 Å². The number of nitriles is 1. The van der Waals surface area contributed by atoms with Crippen LogP contribution in [0.15, 0.2) is 47.6 Å². The summed E-state index contributed by atoms with van der Waals surface area (Å²) in [6.07, 6.45) is 0. The number of benzene rings is 2. The van der Waals surface area contributed by atoms with E-state index in [1.807, 2.05) is 24.3 Å². The van der Waals surface area contributed by atoms with Crippen molar-refractivity contribution in [3.05, 3.63) is 53.1 Å². The number of amides is 1. The third-order valence-corrected chi connectivity index (χ3v) is 4.97. The number of anilines is 1. The van der Waals surface area contributed by atoms with Gasteiger partial charge in [0.15, 0.2) is 5.82 Å². The van der Waals surface area contributed by atoms with E-state index in [2.05, 4.69) is 15.5 Å². The minimum atomic E-state index is -0.271. The van der Waals surface area contributed by atoms with Crippen molar-refractivity contribution in [3.8, 4) is 23.2 Å². The minimum absolute atomic E-state index is 0.0683. The van der Waals surface area contributed by atoms with E-state index >= 15 is 0 Å². The van der Waals surface area contributed by atoms with E-state index < -0.39 is 0 Å². The Kier molecular flexibility index (Phi) is 6.03. The third kappa shape index (κ3) is 4.19. The molecule has 0 bridgehead atoms. The molecule has 0 atom stereocenters. The van der Waals surface area contributed by atoms with Gasteiger partial charge in [0.25, 0.3) is 0 Å². The zero-order valence-electron chi connectivity index (χ0n) is 14.7. The molecular formula is C18H15ClN6O2S. The number of hydrogen-bond acceptors (Lipinski definition) is 7. The third-order valence-electron chi connectivity index (χ3n) is 3.72. The number of nitrogen functional groups attached to an aromatic ring is 1. The quantitative estimate of drug-likeness (QED) is 0.470. The lowest BCUT2D eigenvalue weighted by Crippen LogP contribution is -2.16. The molecule has 3 N–H and O–H groups in total. The average Bonchev–Trinajstić information content (AvgIpc) is 3.06. The summed E-state index contributed by atoms with van der Waals surface area (Å²) in [6.45, 7) is 0. The molecule has 142 valence electrons. The van der Waals surface area contributed by atoms with Crippen LogP contribution in [0.5, 0.6) is 5.75 Å². The maximum Gasteiger partial charge on any atom is 0.234 e. The largest absolute Gasteiger partial charge is 0.496 e. The van der Waals surface area contributed by atoms with Gasteiger partial charge in [-0.25, -0.2) is 4.68 Å². The fourth-order valence-electron chi connectivity index (χ4n) is 2.40. The molecule has 2 aromatic carbocycles. The monoisotopic (exact) mass is 414 g/mol. The molecule has 0 aliphatic carbocycles. The molecule has 1 heterocycles. The molecule has 0 aliphatic rings. The van der Waals surface area contributed by atoms with Gasteiger partial charge >= 0.3 is 0 Å². The number of halogens is 1. The summed E-state index contributed by atoms with van der Waals surface area (Å²) in [4.78, 5) is 12.2. The SMILES string of the molecule is COc1ccccc1-c1nnc(SCC(=O)Nc2ccc(C#N)c(Cl)c2)n1N. The molecule has 3 rings (SSSR count). The van der Waals surface area contributed by atoms with Crippen LogP contribution in [0.1, 0.15) is 5.56 Å². The minimum Gasteiger partial charge on any atom is -0.496 e. The van der Waals surface area contributed by atoms with Crippen molar-refractivity contribution in [1.29, 1.82) is 5.26 Å². The Morgan fingerprint density at radius 3 is 2.86 bits per heavy atom. The Hall–Kier alpha value is -3.22. The fraction of sp³-hybridized carbons (Fsp3) is 0.111. The fourth-order valence-corrected chi connectivity index (χ4v) is 3.28. The van der Waals surface area contributed by atoms with Crippen LogP contribution in [-0.2, 0) is 4.79 Å². The predicted molar refractivity (Wildman–Crippen MR) is 108 cm³/mol. The van der Waals surface area contributed by atoms with E-state index in [4.69, 9.17) is 27.4 Å². The molecule has 0 saturated carbocycles. The van der Waals surface area contributed by atoms with Crippen LogP contribution >= 0.6 is 23.4 Å². The zero-order chi connectivity index (χ0) is 20.1. The Morgan fingerprint density at radius 2 is 2.14 bits per heavy atom. The number of ether oxygens (including phenoxy) is 1. The van der Waals surface area contributed by atoms with E-state index in [0.717, 1.165) is 11.8 Å². The van der Waals surface area contributed by atoms with Crippen molar-refractivity contribution in [1.82, 2.24) is 14.9 Å². The van der Waals surface area contributed by atoms with Crippen molar-refractivity contribution in [2.75, 3.05) is 24.0 Å². The summed E-state index contributed by atoms with van der Waals surface area (Å²) in [5, 5.41) is 20.4. The van der Waals surface area contributed by atoms with Crippen LogP contribution in [0.25, 0.3) is 11.4 Å². The van der Waals surface area contributed by atoms with Crippen LogP contribution in [0.4, 0.5) is 5.69 Å². The Balaban J connectivity index is 1.67. The number of nitrogens with one attached hydrogen (secondary N) is 1. The molecule has 8 nitrogen and oxygen atoms in total. The van der Waals surface area contributed by atoms with Crippen molar-refractivity contribution in [2.24, 2.45) is 0 Å². The average molecular weight is 415 g/mol. The second kappa shape index (κ2) is 8.65. The summed E-state index contributed by atoms with van der Waals surface area (Å²) < 4.78 is 6.63. The van der Waals surface area contributed by atoms with Gasteiger partial charge in [-0.05, 0) is 30.3 Å². The zero-order valence-corrected chi connectivity index (χ0v) is 16.3. The molecule has 0 aliphatic heterocycles. The first-order valence-electron chi connectivity index (χ1n) is 7.99. The second-order valence-electron chi connectivity index (χ2n) is 5.52. The Morgan fingerprint density at radius 1 is 1.36 bits per heavy atom. The number of carbonyl (C=O) groups is 1. The molecule has 1 aromatic heterocycles. The molecular weight excluding hydrogens is 400 g/mol. The van der Waals surface area contributed by atoms with Crippen molar-refractivity contribution in [3.63, 3.8) is 0 Å². The molecule has 0 fully saturated rings. The molecule has 0 unspecified atom stereocenters. The lowest BCUT2D eigenvalue weighted by atomic mass is 10.2. The maximum atomic E-state index is 12.2. The highest BCUT2D eigenvalue weighted by Gasteiger charge is 2.16. The first-order chi connectivity index (χ1) is 13.5. The highest BCUT2D eigenvalue weighted by Crippen LogP contribution is 2.29. The molecule has 0 radical (unpaired) electrons. The molecule has 0 spiro atoms. The number of hydrogen-bond donors (Lipinski definition) is 2. The van der Waals surface area contributed by atoms with Gasteiger partial charge in [-0.15, -0.1) is 10.2 Å². The van der Waals surface area contributed by atoms with Gasteiger partial charge in [-0.2, -0.15) is 5.26 Å². The van der Waals surface area contributed by atoms with Crippen molar-refractivity contribution < 1.29 is 9.53 Å². The number of nitrogens with two attached hydrogens (primary N) is 1. The van der Waals surface area contributed by atoms with E-state index in [1.54, 1.807) is 25.3 Å². The highest BCUT2D eigenvalue weighted by atomic mass is 35.5. The van der Waals surface area contributed by atoms with Gasteiger partial charge in [0.2, 0.25) is 11.1 Å². The first-order valence-corrected chi connectivity index (χ1v) is 9.36.